The van der Waals surface area contributed by atoms with Crippen LogP contribution < -0.4 is 0 Å². The summed E-state index contributed by atoms with van der Waals surface area (Å²) in [5, 5.41) is 17.2. The predicted molar refractivity (Wildman–Crippen MR) is 35.7 cm³/mol. The van der Waals surface area contributed by atoms with Gasteiger partial charge >= 0.3 is 0 Å². The molecule has 0 aromatic heterocycles. The first kappa shape index (κ1) is 8.48. The number of rotatable bonds is 1. The lowest BCUT2D eigenvalue weighted by atomic mass is 10.1. The molecule has 0 aliphatic heterocycles. The molecule has 9 heavy (non-hydrogen) atoms. The van der Waals surface area contributed by atoms with Crippen LogP contribution in [0.1, 0.15) is 13.8 Å². The molecule has 2 N–H and O–H groups in total. The standard InChI is InChI=1S/C7H12O2/c1-6(2)7(9)4-3-5-8/h6-9H,5H2,1-2H3. The molecule has 1 unspecified atom stereocenters. The van der Waals surface area contributed by atoms with Gasteiger partial charge in [0.1, 0.15) is 12.7 Å². The molecule has 0 aliphatic carbocycles. The Hall–Kier alpha value is -0.520. The van der Waals surface area contributed by atoms with Crippen LogP contribution in [-0.4, -0.2) is 22.9 Å². The first-order valence-electron chi connectivity index (χ1n) is 2.95. The van der Waals surface area contributed by atoms with Crippen LogP contribution in [0.3, 0.4) is 0 Å². The zero-order chi connectivity index (χ0) is 7.28. The molecule has 0 saturated heterocycles. The third-order valence-electron chi connectivity index (χ3n) is 0.960. The number of aliphatic hydroxyl groups is 2. The molecule has 0 aromatic rings. The second kappa shape index (κ2) is 4.37. The third kappa shape index (κ3) is 4.01. The molecule has 0 saturated carbocycles. The molecule has 0 bridgehead atoms. The lowest BCUT2D eigenvalue weighted by molar-refractivity contribution is 0.181. The van der Waals surface area contributed by atoms with Crippen molar-refractivity contribution in [3.63, 3.8) is 0 Å². The third-order valence-corrected chi connectivity index (χ3v) is 0.960. The van der Waals surface area contributed by atoms with Crippen LogP contribution in [0.4, 0.5) is 0 Å². The Morgan fingerprint density at radius 1 is 1.44 bits per heavy atom. The molecule has 0 fully saturated rings. The Labute approximate surface area is 55.5 Å². The molecule has 0 radical (unpaired) electrons. The maximum Gasteiger partial charge on any atom is 0.117 e. The van der Waals surface area contributed by atoms with E-state index in [1.165, 1.54) is 0 Å². The Bertz CT molecular complexity index is 119. The van der Waals surface area contributed by atoms with Gasteiger partial charge in [-0.2, -0.15) is 0 Å². The van der Waals surface area contributed by atoms with Crippen LogP contribution >= 0.6 is 0 Å². The smallest absolute Gasteiger partial charge is 0.117 e. The minimum Gasteiger partial charge on any atom is -0.384 e. The van der Waals surface area contributed by atoms with E-state index in [-0.39, 0.29) is 12.5 Å². The van der Waals surface area contributed by atoms with Crippen LogP contribution in [0.25, 0.3) is 0 Å². The van der Waals surface area contributed by atoms with Gasteiger partial charge in [0.2, 0.25) is 0 Å². The SMILES string of the molecule is CC(C)C(O)C#CCO. The van der Waals surface area contributed by atoms with Crippen LogP contribution in [0.15, 0.2) is 0 Å². The fourth-order valence-electron chi connectivity index (χ4n) is 0.317. The topological polar surface area (TPSA) is 40.5 Å². The molecule has 2 nitrogen and oxygen atoms in total. The maximum atomic E-state index is 8.97. The summed E-state index contributed by atoms with van der Waals surface area (Å²) in [7, 11) is 0. The van der Waals surface area contributed by atoms with Crippen molar-refractivity contribution in [3.8, 4) is 11.8 Å². The largest absolute Gasteiger partial charge is 0.384 e. The summed E-state index contributed by atoms with van der Waals surface area (Å²) in [4.78, 5) is 0. The average Bonchev–Trinajstić information content (AvgIpc) is 1.82. The molecule has 2 heteroatoms. The van der Waals surface area contributed by atoms with Crippen molar-refractivity contribution in [2.75, 3.05) is 6.61 Å². The Balaban J connectivity index is 3.61. The Morgan fingerprint density at radius 3 is 2.33 bits per heavy atom. The molecule has 0 spiro atoms. The number of aliphatic hydroxyl groups excluding tert-OH is 2. The summed E-state index contributed by atoms with van der Waals surface area (Å²) in [5.41, 5.74) is 0. The summed E-state index contributed by atoms with van der Waals surface area (Å²) in [6, 6.07) is 0. The van der Waals surface area contributed by atoms with Gasteiger partial charge in [-0.3, -0.25) is 0 Å². The van der Waals surface area contributed by atoms with Gasteiger partial charge in [-0.25, -0.2) is 0 Å². The quantitative estimate of drug-likeness (QED) is 0.488. The van der Waals surface area contributed by atoms with E-state index in [9.17, 15) is 0 Å². The fourth-order valence-corrected chi connectivity index (χ4v) is 0.317. The van der Waals surface area contributed by atoms with Crippen LogP contribution in [-0.2, 0) is 0 Å². The van der Waals surface area contributed by atoms with Crippen molar-refractivity contribution in [2.24, 2.45) is 5.92 Å². The van der Waals surface area contributed by atoms with Gasteiger partial charge in [0.25, 0.3) is 0 Å². The predicted octanol–water partition coefficient (Wildman–Crippen LogP) is -0.00100. The molecule has 0 heterocycles. The zero-order valence-electron chi connectivity index (χ0n) is 5.76. The molecule has 1 atom stereocenters. The van der Waals surface area contributed by atoms with Gasteiger partial charge in [-0.05, 0) is 5.92 Å². The van der Waals surface area contributed by atoms with Crippen LogP contribution in [0.2, 0.25) is 0 Å². The van der Waals surface area contributed by atoms with E-state index in [4.69, 9.17) is 10.2 Å². The van der Waals surface area contributed by atoms with Gasteiger partial charge in [-0.1, -0.05) is 25.7 Å². The summed E-state index contributed by atoms with van der Waals surface area (Å²) in [6.45, 7) is 3.57. The molecule has 0 amide bonds. The minimum absolute atomic E-state index is 0.143. The Kier molecular flexibility index (Phi) is 4.12. The van der Waals surface area contributed by atoms with Crippen molar-refractivity contribution in [1.29, 1.82) is 0 Å². The van der Waals surface area contributed by atoms with E-state index in [0.29, 0.717) is 0 Å². The van der Waals surface area contributed by atoms with Crippen LogP contribution in [0.5, 0.6) is 0 Å². The zero-order valence-corrected chi connectivity index (χ0v) is 5.76. The summed E-state index contributed by atoms with van der Waals surface area (Å²) in [5.74, 6) is 5.01. The van der Waals surface area contributed by atoms with E-state index < -0.39 is 6.10 Å². The minimum atomic E-state index is -0.600. The first-order chi connectivity index (χ1) is 4.18. The van der Waals surface area contributed by atoms with Gasteiger partial charge in [0.05, 0.1) is 0 Å². The maximum absolute atomic E-state index is 8.97. The first-order valence-corrected chi connectivity index (χ1v) is 2.95. The summed E-state index contributed by atoms with van der Waals surface area (Å²) >= 11 is 0. The molecule has 0 aliphatic rings. The number of hydrogen-bond donors (Lipinski definition) is 2. The fraction of sp³-hybridized carbons (Fsp3) is 0.714. The van der Waals surface area contributed by atoms with Gasteiger partial charge in [0.15, 0.2) is 0 Å². The van der Waals surface area contributed by atoms with Gasteiger partial charge < -0.3 is 10.2 Å². The van der Waals surface area contributed by atoms with Crippen molar-refractivity contribution in [2.45, 2.75) is 20.0 Å². The summed E-state index contributed by atoms with van der Waals surface area (Å²) in [6.07, 6.45) is -0.600. The monoisotopic (exact) mass is 128 g/mol. The van der Waals surface area contributed by atoms with E-state index in [1.807, 2.05) is 13.8 Å². The normalized spacial score (nSPS) is 12.6. The molecule has 0 aromatic carbocycles. The highest BCUT2D eigenvalue weighted by molar-refractivity contribution is 5.05. The molecular formula is C7H12O2. The van der Waals surface area contributed by atoms with E-state index in [1.54, 1.807) is 0 Å². The van der Waals surface area contributed by atoms with E-state index in [0.717, 1.165) is 0 Å². The van der Waals surface area contributed by atoms with Crippen LogP contribution in [0, 0.1) is 17.8 Å². The second-order valence-corrected chi connectivity index (χ2v) is 2.17. The van der Waals surface area contributed by atoms with Gasteiger partial charge in [0, 0.05) is 0 Å². The van der Waals surface area contributed by atoms with Crippen molar-refractivity contribution < 1.29 is 10.2 Å². The lowest BCUT2D eigenvalue weighted by Gasteiger charge is -2.04. The molecule has 52 valence electrons. The van der Waals surface area contributed by atoms with Crippen molar-refractivity contribution >= 4 is 0 Å². The highest BCUT2D eigenvalue weighted by Crippen LogP contribution is 1.97. The van der Waals surface area contributed by atoms with E-state index >= 15 is 0 Å². The second-order valence-electron chi connectivity index (χ2n) is 2.17. The Morgan fingerprint density at radius 2 is 2.00 bits per heavy atom. The molecule has 0 rings (SSSR count). The molecular weight excluding hydrogens is 116 g/mol. The lowest BCUT2D eigenvalue weighted by Crippen LogP contribution is -2.11. The highest BCUT2D eigenvalue weighted by atomic mass is 16.3. The van der Waals surface area contributed by atoms with Gasteiger partial charge in [-0.15, -0.1) is 0 Å². The van der Waals surface area contributed by atoms with E-state index in [2.05, 4.69) is 11.8 Å². The van der Waals surface area contributed by atoms with Crippen molar-refractivity contribution in [3.05, 3.63) is 0 Å². The average molecular weight is 128 g/mol. The highest BCUT2D eigenvalue weighted by Gasteiger charge is 2.02. The number of hydrogen-bond acceptors (Lipinski definition) is 2. The van der Waals surface area contributed by atoms with Crippen molar-refractivity contribution in [1.82, 2.24) is 0 Å². The summed E-state index contributed by atoms with van der Waals surface area (Å²) < 4.78 is 0.